The van der Waals surface area contributed by atoms with Gasteiger partial charge in [0.1, 0.15) is 6.54 Å². The van der Waals surface area contributed by atoms with Crippen molar-refractivity contribution in [2.24, 2.45) is 51.0 Å². The number of hydrogen-bond acceptors (Lipinski definition) is 7. The second-order valence-electron chi connectivity index (χ2n) is 12.2. The lowest BCUT2D eigenvalue weighted by Gasteiger charge is -2.57. The number of carbonyl (C=O) groups excluding carboxylic acids is 1. The molecule has 194 valence electrons. The molecule has 2 N–H and O–H groups in total. The topological polar surface area (TPSA) is 86.5 Å². The highest BCUT2D eigenvalue weighted by Gasteiger charge is 2.59. The Hall–Kier alpha value is -1.57. The Kier molecular flexibility index (Phi) is 7.21. The van der Waals surface area contributed by atoms with Crippen LogP contribution in [0.5, 0.6) is 0 Å². The highest BCUT2D eigenvalue weighted by Crippen LogP contribution is 2.64. The average molecular weight is 485 g/mol. The van der Waals surface area contributed by atoms with Gasteiger partial charge >= 0.3 is 0 Å². The predicted molar refractivity (Wildman–Crippen MR) is 138 cm³/mol. The molecule has 0 spiro atoms. The number of Topliss-reactive ketones (excluding diaryl/α,β-unsaturated/α-hetero) is 1. The number of aliphatic imine (C=N–C) groups is 1. The Morgan fingerprint density at radius 1 is 1.20 bits per heavy atom. The summed E-state index contributed by atoms with van der Waals surface area (Å²) in [5.74, 6) is 3.99. The smallest absolute Gasteiger partial charge is 0.159 e. The van der Waals surface area contributed by atoms with Crippen LogP contribution in [0.1, 0.15) is 71.1 Å². The van der Waals surface area contributed by atoms with Crippen LogP contribution in [-0.4, -0.2) is 60.8 Å². The van der Waals surface area contributed by atoms with Gasteiger partial charge in [-0.2, -0.15) is 5.10 Å². The first-order valence-electron chi connectivity index (χ1n) is 13.8. The second-order valence-corrected chi connectivity index (χ2v) is 12.2. The van der Waals surface area contributed by atoms with Crippen LogP contribution in [0.4, 0.5) is 0 Å². The lowest BCUT2D eigenvalue weighted by Crippen LogP contribution is -2.52. The molecule has 0 aromatic carbocycles. The molecule has 0 amide bonds. The first-order valence-corrected chi connectivity index (χ1v) is 13.8. The van der Waals surface area contributed by atoms with Crippen LogP contribution in [0.2, 0.25) is 0 Å². The minimum atomic E-state index is -0.626. The highest BCUT2D eigenvalue weighted by molar-refractivity contribution is 6.31. The number of fused-ring (bicyclic) bond motifs is 5. The third kappa shape index (κ3) is 4.76. The zero-order chi connectivity index (χ0) is 24.6. The lowest BCUT2D eigenvalue weighted by molar-refractivity contribution is -0.137. The van der Waals surface area contributed by atoms with E-state index in [4.69, 9.17) is 4.74 Å². The summed E-state index contributed by atoms with van der Waals surface area (Å²) in [5.41, 5.74) is 3.44. The van der Waals surface area contributed by atoms with E-state index in [1.165, 1.54) is 25.7 Å². The summed E-state index contributed by atoms with van der Waals surface area (Å²) in [5, 5.41) is 17.3. The maximum absolute atomic E-state index is 13.6. The molecule has 0 aromatic heterocycles. The van der Waals surface area contributed by atoms with E-state index in [1.54, 1.807) is 24.6 Å². The number of carbonyl (C=O) groups is 1. The van der Waals surface area contributed by atoms with Gasteiger partial charge in [-0.15, -0.1) is 0 Å². The van der Waals surface area contributed by atoms with E-state index in [2.05, 4.69) is 22.4 Å². The molecule has 7 nitrogen and oxygen atoms in total. The number of ether oxygens (including phenoxy) is 1. The van der Waals surface area contributed by atoms with Crippen LogP contribution in [0, 0.1) is 40.9 Å². The summed E-state index contributed by atoms with van der Waals surface area (Å²) in [6.45, 7) is 3.19. The van der Waals surface area contributed by atoms with E-state index in [-0.39, 0.29) is 11.3 Å². The van der Waals surface area contributed by atoms with Gasteiger partial charge in [-0.3, -0.25) is 9.79 Å². The number of hydrazine groups is 1. The molecular weight excluding hydrogens is 440 g/mol. The van der Waals surface area contributed by atoms with E-state index in [1.807, 2.05) is 13.1 Å². The number of methoxy groups -OCH3 is 1. The molecule has 0 radical (unpaired) electrons. The SMILES string of the molecule is CNN(CC(=O)[C@H]1CC[C@H]2[C@@H]3CC[C@H]4C[C@@](O)(COC)CCC4[C@H]3CC[C@]12C)/N=C1/C=NC=CC1. The minimum Gasteiger partial charge on any atom is -0.387 e. The average Bonchev–Trinajstić information content (AvgIpc) is 3.21. The molecule has 4 aliphatic carbocycles. The number of allylic oxidation sites excluding steroid dienone is 1. The number of ketones is 1. The predicted octanol–water partition coefficient (Wildman–Crippen LogP) is 3.98. The molecule has 5 rings (SSSR count). The quantitative estimate of drug-likeness (QED) is 0.534. The standard InChI is InChI=1S/C28H44N4O3/c1-27-12-10-22-21-11-13-28(34,18-35-3)15-19(21)6-7-23(22)24(27)8-9-25(27)26(33)17-32(29-2)31-20-5-4-14-30-16-20/h4,14,16,19,21-25,29,34H,5-13,15,17-18H2,1-3H3/b31-20+/t19-,21?,22+,23+,24-,25+,27-,28+/m0/s1. The van der Waals surface area contributed by atoms with E-state index in [9.17, 15) is 9.90 Å². The third-order valence-corrected chi connectivity index (χ3v) is 10.5. The zero-order valence-electron chi connectivity index (χ0n) is 21.8. The fourth-order valence-corrected chi connectivity index (χ4v) is 8.95. The van der Waals surface area contributed by atoms with Gasteiger partial charge in [0, 0.05) is 32.7 Å². The number of nitrogens with zero attached hydrogens (tertiary/aromatic N) is 3. The van der Waals surface area contributed by atoms with Gasteiger partial charge in [0.25, 0.3) is 0 Å². The van der Waals surface area contributed by atoms with Gasteiger partial charge in [-0.25, -0.2) is 10.5 Å². The minimum absolute atomic E-state index is 0.109. The summed E-state index contributed by atoms with van der Waals surface area (Å²) < 4.78 is 5.35. The monoisotopic (exact) mass is 484 g/mol. The number of hydrogen-bond donors (Lipinski definition) is 2. The van der Waals surface area contributed by atoms with E-state index < -0.39 is 5.60 Å². The van der Waals surface area contributed by atoms with Crippen molar-refractivity contribution in [1.82, 2.24) is 10.5 Å². The normalized spacial score (nSPS) is 43.5. The molecule has 8 atom stereocenters. The Morgan fingerprint density at radius 3 is 2.77 bits per heavy atom. The Balaban J connectivity index is 1.25. The number of nitrogens with one attached hydrogen (secondary N) is 1. The fraction of sp³-hybridized carbons (Fsp3) is 0.821. The molecule has 1 heterocycles. The maximum atomic E-state index is 13.6. The zero-order valence-corrected chi connectivity index (χ0v) is 21.8. The van der Waals surface area contributed by atoms with Gasteiger partial charge in [0.2, 0.25) is 0 Å². The largest absolute Gasteiger partial charge is 0.387 e. The fourth-order valence-electron chi connectivity index (χ4n) is 8.95. The van der Waals surface area contributed by atoms with Crippen molar-refractivity contribution in [1.29, 1.82) is 0 Å². The maximum Gasteiger partial charge on any atom is 0.159 e. The molecule has 0 bridgehead atoms. The van der Waals surface area contributed by atoms with Gasteiger partial charge in [-0.05, 0) is 92.8 Å². The van der Waals surface area contributed by atoms with Crippen molar-refractivity contribution in [2.45, 2.75) is 76.7 Å². The van der Waals surface area contributed by atoms with Gasteiger partial charge in [0.05, 0.1) is 24.1 Å². The van der Waals surface area contributed by atoms with E-state index >= 15 is 0 Å². The van der Waals surface area contributed by atoms with Crippen LogP contribution in [0.3, 0.4) is 0 Å². The first-order chi connectivity index (χ1) is 16.9. The molecule has 0 saturated heterocycles. The van der Waals surface area contributed by atoms with Crippen LogP contribution < -0.4 is 5.43 Å². The number of rotatable bonds is 7. The number of aliphatic hydroxyl groups is 1. The molecule has 4 fully saturated rings. The van der Waals surface area contributed by atoms with Crippen molar-refractivity contribution in [3.63, 3.8) is 0 Å². The molecule has 7 heteroatoms. The second kappa shape index (κ2) is 10.1. The van der Waals surface area contributed by atoms with Crippen molar-refractivity contribution in [3.8, 4) is 0 Å². The highest BCUT2D eigenvalue weighted by atomic mass is 16.5. The molecular formula is C28H44N4O3. The van der Waals surface area contributed by atoms with Crippen molar-refractivity contribution < 1.29 is 14.6 Å². The van der Waals surface area contributed by atoms with Crippen LogP contribution in [0.15, 0.2) is 22.4 Å². The molecule has 0 aromatic rings. The number of hydrazone groups is 1. The van der Waals surface area contributed by atoms with Crippen molar-refractivity contribution >= 4 is 17.7 Å². The Morgan fingerprint density at radius 2 is 2.03 bits per heavy atom. The van der Waals surface area contributed by atoms with Gasteiger partial charge in [-0.1, -0.05) is 13.0 Å². The van der Waals surface area contributed by atoms with E-state index in [0.29, 0.717) is 30.8 Å². The molecule has 4 saturated carbocycles. The van der Waals surface area contributed by atoms with Gasteiger partial charge < -0.3 is 9.84 Å². The summed E-state index contributed by atoms with van der Waals surface area (Å²) in [6.07, 6.45) is 16.3. The van der Waals surface area contributed by atoms with Crippen molar-refractivity contribution in [2.75, 3.05) is 27.3 Å². The van der Waals surface area contributed by atoms with Crippen LogP contribution in [-0.2, 0) is 9.53 Å². The first kappa shape index (κ1) is 25.1. The lowest BCUT2D eigenvalue weighted by atomic mass is 9.49. The summed E-state index contributed by atoms with van der Waals surface area (Å²) in [4.78, 5) is 17.8. The van der Waals surface area contributed by atoms with Crippen LogP contribution >= 0.6 is 0 Å². The summed E-state index contributed by atoms with van der Waals surface area (Å²) >= 11 is 0. The molecule has 1 aliphatic heterocycles. The molecule has 5 aliphatic rings. The summed E-state index contributed by atoms with van der Waals surface area (Å²) in [6, 6.07) is 0. The third-order valence-electron chi connectivity index (χ3n) is 10.5. The van der Waals surface area contributed by atoms with Gasteiger partial charge in [0.15, 0.2) is 5.78 Å². The summed E-state index contributed by atoms with van der Waals surface area (Å²) in [7, 11) is 3.53. The van der Waals surface area contributed by atoms with Crippen LogP contribution in [0.25, 0.3) is 0 Å². The van der Waals surface area contributed by atoms with Crippen molar-refractivity contribution in [3.05, 3.63) is 12.3 Å². The molecule has 1 unspecified atom stereocenters. The molecule has 35 heavy (non-hydrogen) atoms. The Labute approximate surface area is 210 Å². The Bertz CT molecular complexity index is 887. The van der Waals surface area contributed by atoms with E-state index in [0.717, 1.165) is 62.0 Å².